The molecular formula is C18H20FN3O2. The Labute approximate surface area is 140 Å². The van der Waals surface area contributed by atoms with E-state index in [4.69, 9.17) is 5.21 Å². The van der Waals surface area contributed by atoms with Crippen LogP contribution in [0.5, 0.6) is 0 Å². The van der Waals surface area contributed by atoms with Gasteiger partial charge in [0.25, 0.3) is 0 Å². The first kappa shape index (κ1) is 17.8. The number of aliphatic hydroxyl groups is 1. The Hall–Kier alpha value is -2.52. The summed E-state index contributed by atoms with van der Waals surface area (Å²) in [6, 6.07) is 7.93. The van der Waals surface area contributed by atoms with E-state index < -0.39 is 17.2 Å². The van der Waals surface area contributed by atoms with Crippen molar-refractivity contribution in [3.63, 3.8) is 0 Å². The van der Waals surface area contributed by atoms with Crippen LogP contribution in [-0.4, -0.2) is 28.8 Å². The van der Waals surface area contributed by atoms with Crippen LogP contribution in [0.15, 0.2) is 45.7 Å². The van der Waals surface area contributed by atoms with E-state index in [1.165, 1.54) is 12.1 Å². The lowest BCUT2D eigenvalue weighted by Crippen LogP contribution is -2.41. The largest absolute Gasteiger partial charge is 0.411 e. The number of aliphatic imine (C=N–C) groups is 1. The lowest BCUT2D eigenvalue weighted by molar-refractivity contribution is 0.304. The van der Waals surface area contributed by atoms with E-state index in [9.17, 15) is 14.8 Å². The highest BCUT2D eigenvalue weighted by molar-refractivity contribution is 6.07. The van der Waals surface area contributed by atoms with Crippen LogP contribution in [0.2, 0.25) is 0 Å². The van der Waals surface area contributed by atoms with Gasteiger partial charge in [0.1, 0.15) is 11.2 Å². The molecule has 0 saturated carbocycles. The molecule has 1 aliphatic heterocycles. The van der Waals surface area contributed by atoms with Gasteiger partial charge < -0.3 is 10.3 Å². The van der Waals surface area contributed by atoms with Crippen LogP contribution in [0.3, 0.4) is 0 Å². The highest BCUT2D eigenvalue weighted by Crippen LogP contribution is 2.46. The zero-order valence-corrected chi connectivity index (χ0v) is 13.9. The van der Waals surface area contributed by atoms with E-state index in [2.05, 4.69) is 16.2 Å². The summed E-state index contributed by atoms with van der Waals surface area (Å²) in [5.41, 5.74) is 1.04. The number of benzene rings is 1. The van der Waals surface area contributed by atoms with Gasteiger partial charge in [-0.15, -0.1) is 0 Å². The molecule has 0 amide bonds. The Bertz CT molecular complexity index is 745. The summed E-state index contributed by atoms with van der Waals surface area (Å²) >= 11 is 0. The molecule has 2 N–H and O–H groups in total. The standard InChI is InChI=1S/C18H20FN3O2/c1-11(2)17-15(8-23)16(13-4-6-14(19)7-5-13)18(9-20,10-21-24)12(3)22-17/h4-7,10-11,16,23-24H,8H2,1-3H3. The van der Waals surface area contributed by atoms with Gasteiger partial charge in [-0.3, -0.25) is 4.99 Å². The van der Waals surface area contributed by atoms with Crippen molar-refractivity contribution >= 4 is 11.9 Å². The average molecular weight is 329 g/mol. The Morgan fingerprint density at radius 1 is 1.42 bits per heavy atom. The van der Waals surface area contributed by atoms with Crippen molar-refractivity contribution in [1.29, 1.82) is 5.26 Å². The van der Waals surface area contributed by atoms with Crippen molar-refractivity contribution in [1.82, 2.24) is 0 Å². The van der Waals surface area contributed by atoms with Gasteiger partial charge in [-0.1, -0.05) is 31.1 Å². The summed E-state index contributed by atoms with van der Waals surface area (Å²) in [4.78, 5) is 4.51. The molecule has 1 aromatic rings. The molecule has 5 nitrogen and oxygen atoms in total. The highest BCUT2D eigenvalue weighted by Gasteiger charge is 2.47. The maximum absolute atomic E-state index is 13.3. The fraction of sp³-hybridized carbons (Fsp3) is 0.389. The minimum absolute atomic E-state index is 0.0350. The van der Waals surface area contributed by atoms with Crippen LogP contribution in [0.1, 0.15) is 32.3 Å². The smallest absolute Gasteiger partial charge is 0.144 e. The lowest BCUT2D eigenvalue weighted by Gasteiger charge is -2.38. The van der Waals surface area contributed by atoms with Gasteiger partial charge in [0.2, 0.25) is 0 Å². The lowest BCUT2D eigenvalue weighted by atomic mass is 9.65. The van der Waals surface area contributed by atoms with Crippen molar-refractivity contribution < 1.29 is 14.7 Å². The summed E-state index contributed by atoms with van der Waals surface area (Å²) in [5, 5.41) is 32.0. The molecule has 1 heterocycles. The number of rotatable bonds is 4. The molecule has 2 unspecified atom stereocenters. The molecule has 0 aromatic heterocycles. The third kappa shape index (κ3) is 2.83. The molecule has 0 fully saturated rings. The fourth-order valence-corrected chi connectivity index (χ4v) is 3.20. The number of nitriles is 1. The monoisotopic (exact) mass is 329 g/mol. The predicted octanol–water partition coefficient (Wildman–Crippen LogP) is 3.26. The van der Waals surface area contributed by atoms with Crippen molar-refractivity contribution in [2.24, 2.45) is 21.5 Å². The third-order valence-corrected chi connectivity index (χ3v) is 4.39. The molecule has 0 radical (unpaired) electrons. The Balaban J connectivity index is 2.80. The van der Waals surface area contributed by atoms with Gasteiger partial charge in [0, 0.05) is 17.3 Å². The van der Waals surface area contributed by atoms with Crippen molar-refractivity contribution in [2.75, 3.05) is 6.61 Å². The number of oxime groups is 1. The van der Waals surface area contributed by atoms with Crippen LogP contribution in [0.25, 0.3) is 0 Å². The van der Waals surface area contributed by atoms with Crippen LogP contribution in [0.4, 0.5) is 4.39 Å². The summed E-state index contributed by atoms with van der Waals surface area (Å²) < 4.78 is 13.3. The zero-order chi connectivity index (χ0) is 17.9. The number of aliphatic hydroxyl groups excluding tert-OH is 1. The summed E-state index contributed by atoms with van der Waals surface area (Å²) in [5.74, 6) is -0.969. The van der Waals surface area contributed by atoms with E-state index >= 15 is 0 Å². The van der Waals surface area contributed by atoms with E-state index in [1.54, 1.807) is 19.1 Å². The first-order valence-corrected chi connectivity index (χ1v) is 7.66. The van der Waals surface area contributed by atoms with Crippen LogP contribution in [-0.2, 0) is 0 Å². The van der Waals surface area contributed by atoms with Gasteiger partial charge in [-0.05, 0) is 36.1 Å². The molecule has 0 spiro atoms. The summed E-state index contributed by atoms with van der Waals surface area (Å²) in [6.45, 7) is 5.29. The van der Waals surface area contributed by atoms with Crippen molar-refractivity contribution in [2.45, 2.75) is 26.7 Å². The van der Waals surface area contributed by atoms with Gasteiger partial charge in [0.15, 0.2) is 0 Å². The maximum atomic E-state index is 13.3. The predicted molar refractivity (Wildman–Crippen MR) is 89.5 cm³/mol. The molecule has 6 heteroatoms. The zero-order valence-electron chi connectivity index (χ0n) is 13.9. The van der Waals surface area contributed by atoms with Gasteiger partial charge >= 0.3 is 0 Å². The molecule has 2 atom stereocenters. The summed E-state index contributed by atoms with van der Waals surface area (Å²) in [7, 11) is 0. The van der Waals surface area contributed by atoms with Gasteiger partial charge in [-0.2, -0.15) is 5.26 Å². The molecule has 1 aromatic carbocycles. The first-order valence-electron chi connectivity index (χ1n) is 7.66. The number of halogens is 1. The molecule has 2 rings (SSSR count). The van der Waals surface area contributed by atoms with Gasteiger partial charge in [0.05, 0.1) is 18.9 Å². The quantitative estimate of drug-likeness (QED) is 0.505. The third-order valence-electron chi connectivity index (χ3n) is 4.39. The molecule has 24 heavy (non-hydrogen) atoms. The minimum atomic E-state index is -1.34. The van der Waals surface area contributed by atoms with E-state index in [1.807, 2.05) is 13.8 Å². The van der Waals surface area contributed by atoms with E-state index in [0.717, 1.165) is 6.21 Å². The number of allylic oxidation sites excluding steroid dienone is 1. The second-order valence-electron chi connectivity index (χ2n) is 6.13. The van der Waals surface area contributed by atoms with Crippen LogP contribution < -0.4 is 0 Å². The van der Waals surface area contributed by atoms with Crippen molar-refractivity contribution in [3.05, 3.63) is 46.9 Å². The maximum Gasteiger partial charge on any atom is 0.144 e. The topological polar surface area (TPSA) is 89.0 Å². The molecule has 126 valence electrons. The first-order chi connectivity index (χ1) is 11.4. The second-order valence-corrected chi connectivity index (χ2v) is 6.13. The molecule has 1 aliphatic rings. The fourth-order valence-electron chi connectivity index (χ4n) is 3.20. The van der Waals surface area contributed by atoms with E-state index in [0.29, 0.717) is 22.5 Å². The second kappa shape index (κ2) is 6.93. The number of hydrogen-bond donors (Lipinski definition) is 2. The Morgan fingerprint density at radius 2 is 2.04 bits per heavy atom. The minimum Gasteiger partial charge on any atom is -0.411 e. The van der Waals surface area contributed by atoms with Gasteiger partial charge in [-0.25, -0.2) is 4.39 Å². The molecule has 0 aliphatic carbocycles. The molecule has 0 saturated heterocycles. The number of hydrogen-bond acceptors (Lipinski definition) is 5. The average Bonchev–Trinajstić information content (AvgIpc) is 2.56. The molecule has 0 bridgehead atoms. The van der Waals surface area contributed by atoms with E-state index in [-0.39, 0.29) is 12.5 Å². The van der Waals surface area contributed by atoms with Crippen molar-refractivity contribution in [3.8, 4) is 6.07 Å². The normalized spacial score (nSPS) is 24.4. The van der Waals surface area contributed by atoms with Crippen LogP contribution >= 0.6 is 0 Å². The summed E-state index contributed by atoms with van der Waals surface area (Å²) in [6.07, 6.45) is 1.13. The number of nitrogens with zero attached hydrogens (tertiary/aromatic N) is 3. The molecular weight excluding hydrogens is 309 g/mol. The SMILES string of the molecule is CC1=NC(C(C)C)=C(CO)C(c2ccc(F)cc2)C1(C#N)C=NO. The Morgan fingerprint density at radius 3 is 2.50 bits per heavy atom. The highest BCUT2D eigenvalue weighted by atomic mass is 19.1. The Kier molecular flexibility index (Phi) is 5.15. The van der Waals surface area contributed by atoms with Crippen LogP contribution in [0, 0.1) is 28.5 Å².